The zero-order chi connectivity index (χ0) is 11.7. The van der Waals surface area contributed by atoms with Gasteiger partial charge in [0, 0.05) is 28.7 Å². The van der Waals surface area contributed by atoms with Gasteiger partial charge in [-0.05, 0) is 48.1 Å². The van der Waals surface area contributed by atoms with Crippen molar-refractivity contribution in [3.63, 3.8) is 0 Å². The van der Waals surface area contributed by atoms with E-state index in [0.717, 1.165) is 30.5 Å². The van der Waals surface area contributed by atoms with Crippen molar-refractivity contribution in [3.05, 3.63) is 51.7 Å². The Morgan fingerprint density at radius 3 is 3.00 bits per heavy atom. The number of aryl methyl sites for hydroxylation is 1. The third kappa shape index (κ3) is 1.98. The lowest BCUT2D eigenvalue weighted by molar-refractivity contribution is 0.103. The molecule has 86 valence electrons. The number of carbonyl (C=O) groups excluding carboxylic acids is 1. The van der Waals surface area contributed by atoms with Gasteiger partial charge < -0.3 is 5.32 Å². The van der Waals surface area contributed by atoms with Crippen LogP contribution in [0.1, 0.15) is 27.9 Å². The molecule has 0 bridgehead atoms. The SMILES string of the molecule is O=C(c1ccsc1)c1ccc2c(c1)CCCN2. The summed E-state index contributed by atoms with van der Waals surface area (Å²) >= 11 is 1.56. The molecule has 0 atom stereocenters. The Hall–Kier alpha value is -1.61. The van der Waals surface area contributed by atoms with E-state index >= 15 is 0 Å². The normalized spacial score (nSPS) is 13.9. The summed E-state index contributed by atoms with van der Waals surface area (Å²) in [5.41, 5.74) is 4.03. The molecule has 0 unspecified atom stereocenters. The minimum Gasteiger partial charge on any atom is -0.385 e. The van der Waals surface area contributed by atoms with Crippen LogP contribution < -0.4 is 5.32 Å². The molecule has 0 saturated carbocycles. The first-order valence-electron chi connectivity index (χ1n) is 5.78. The van der Waals surface area contributed by atoms with Crippen LogP contribution in [0.3, 0.4) is 0 Å². The van der Waals surface area contributed by atoms with Crippen LogP contribution in [0.4, 0.5) is 5.69 Å². The smallest absolute Gasteiger partial charge is 0.193 e. The number of rotatable bonds is 2. The molecular weight excluding hydrogens is 230 g/mol. The lowest BCUT2D eigenvalue weighted by Crippen LogP contribution is -2.12. The van der Waals surface area contributed by atoms with Gasteiger partial charge in [-0.15, -0.1) is 0 Å². The van der Waals surface area contributed by atoms with E-state index in [0.29, 0.717) is 0 Å². The highest BCUT2D eigenvalue weighted by atomic mass is 32.1. The van der Waals surface area contributed by atoms with Crippen LogP contribution in [0, 0.1) is 0 Å². The van der Waals surface area contributed by atoms with E-state index in [4.69, 9.17) is 0 Å². The molecular formula is C14H13NOS. The fourth-order valence-corrected chi connectivity index (χ4v) is 2.81. The Bertz CT molecular complexity index is 545. The van der Waals surface area contributed by atoms with Crippen molar-refractivity contribution in [2.24, 2.45) is 0 Å². The van der Waals surface area contributed by atoms with E-state index in [9.17, 15) is 4.79 Å². The van der Waals surface area contributed by atoms with Gasteiger partial charge in [0.25, 0.3) is 0 Å². The second-order valence-corrected chi connectivity index (χ2v) is 5.02. The number of fused-ring (bicyclic) bond motifs is 1. The molecule has 0 aliphatic carbocycles. The molecule has 1 N–H and O–H groups in total. The van der Waals surface area contributed by atoms with Crippen molar-refractivity contribution >= 4 is 22.8 Å². The van der Waals surface area contributed by atoms with E-state index in [1.54, 1.807) is 11.3 Å². The summed E-state index contributed by atoms with van der Waals surface area (Å²) in [6, 6.07) is 7.84. The quantitative estimate of drug-likeness (QED) is 0.820. The first kappa shape index (κ1) is 10.5. The van der Waals surface area contributed by atoms with Crippen LogP contribution in [0.25, 0.3) is 0 Å². The molecule has 0 amide bonds. The summed E-state index contributed by atoms with van der Waals surface area (Å²) in [7, 11) is 0. The third-order valence-electron chi connectivity index (χ3n) is 3.09. The van der Waals surface area contributed by atoms with Crippen LogP contribution in [0.5, 0.6) is 0 Å². The van der Waals surface area contributed by atoms with Gasteiger partial charge in [0.1, 0.15) is 0 Å². The average molecular weight is 243 g/mol. The lowest BCUT2D eigenvalue weighted by atomic mass is 9.97. The Morgan fingerprint density at radius 2 is 2.18 bits per heavy atom. The molecule has 17 heavy (non-hydrogen) atoms. The largest absolute Gasteiger partial charge is 0.385 e. The summed E-state index contributed by atoms with van der Waals surface area (Å²) in [5.74, 6) is 0.125. The fraction of sp³-hybridized carbons (Fsp3) is 0.214. The van der Waals surface area contributed by atoms with Gasteiger partial charge in [-0.1, -0.05) is 0 Å². The lowest BCUT2D eigenvalue weighted by Gasteiger charge is -2.18. The molecule has 2 aromatic rings. The molecule has 0 spiro atoms. The van der Waals surface area contributed by atoms with Crippen LogP contribution in [-0.2, 0) is 6.42 Å². The molecule has 1 aromatic carbocycles. The molecule has 0 saturated heterocycles. The van der Waals surface area contributed by atoms with Crippen LogP contribution >= 0.6 is 11.3 Å². The van der Waals surface area contributed by atoms with Gasteiger partial charge in [-0.2, -0.15) is 11.3 Å². The maximum absolute atomic E-state index is 12.2. The maximum atomic E-state index is 12.2. The zero-order valence-corrected chi connectivity index (χ0v) is 10.2. The minimum atomic E-state index is 0.125. The van der Waals surface area contributed by atoms with Crippen molar-refractivity contribution < 1.29 is 4.79 Å². The van der Waals surface area contributed by atoms with Crippen molar-refractivity contribution in [1.82, 2.24) is 0 Å². The van der Waals surface area contributed by atoms with Crippen molar-refractivity contribution in [2.45, 2.75) is 12.8 Å². The van der Waals surface area contributed by atoms with Crippen LogP contribution in [-0.4, -0.2) is 12.3 Å². The van der Waals surface area contributed by atoms with Crippen molar-refractivity contribution in [3.8, 4) is 0 Å². The second kappa shape index (κ2) is 4.34. The third-order valence-corrected chi connectivity index (χ3v) is 3.77. The first-order valence-corrected chi connectivity index (χ1v) is 6.72. The number of carbonyl (C=O) groups is 1. The van der Waals surface area contributed by atoms with E-state index in [2.05, 4.69) is 5.32 Å². The highest BCUT2D eigenvalue weighted by molar-refractivity contribution is 7.08. The molecule has 0 fully saturated rings. The summed E-state index contributed by atoms with van der Waals surface area (Å²) in [6.07, 6.45) is 2.20. The molecule has 3 rings (SSSR count). The van der Waals surface area contributed by atoms with Crippen LogP contribution in [0.15, 0.2) is 35.0 Å². The number of ketones is 1. The van der Waals surface area contributed by atoms with Gasteiger partial charge in [0.15, 0.2) is 5.78 Å². The summed E-state index contributed by atoms with van der Waals surface area (Å²) in [6.45, 7) is 1.03. The summed E-state index contributed by atoms with van der Waals surface area (Å²) in [4.78, 5) is 12.2. The Balaban J connectivity index is 1.96. The van der Waals surface area contributed by atoms with E-state index in [1.807, 2.05) is 35.0 Å². The number of nitrogens with one attached hydrogen (secondary N) is 1. The maximum Gasteiger partial charge on any atom is 0.193 e. The number of benzene rings is 1. The van der Waals surface area contributed by atoms with Gasteiger partial charge in [-0.25, -0.2) is 0 Å². The van der Waals surface area contributed by atoms with Gasteiger partial charge in [-0.3, -0.25) is 4.79 Å². The predicted octanol–water partition coefficient (Wildman–Crippen LogP) is 3.34. The summed E-state index contributed by atoms with van der Waals surface area (Å²) < 4.78 is 0. The number of anilines is 1. The van der Waals surface area contributed by atoms with Crippen molar-refractivity contribution in [2.75, 3.05) is 11.9 Å². The Kier molecular flexibility index (Phi) is 2.69. The van der Waals surface area contributed by atoms with Gasteiger partial charge >= 0.3 is 0 Å². The molecule has 0 radical (unpaired) electrons. The van der Waals surface area contributed by atoms with E-state index < -0.39 is 0 Å². The topological polar surface area (TPSA) is 29.1 Å². The summed E-state index contributed by atoms with van der Waals surface area (Å²) in [5, 5.41) is 7.19. The molecule has 3 heteroatoms. The molecule has 2 heterocycles. The van der Waals surface area contributed by atoms with Gasteiger partial charge in [0.05, 0.1) is 0 Å². The highest BCUT2D eigenvalue weighted by Crippen LogP contribution is 2.24. The van der Waals surface area contributed by atoms with E-state index in [1.165, 1.54) is 11.3 Å². The predicted molar refractivity (Wildman–Crippen MR) is 71.0 cm³/mol. The van der Waals surface area contributed by atoms with Crippen molar-refractivity contribution in [1.29, 1.82) is 0 Å². The molecule has 1 aliphatic rings. The van der Waals surface area contributed by atoms with Gasteiger partial charge in [0.2, 0.25) is 0 Å². The van der Waals surface area contributed by atoms with E-state index in [-0.39, 0.29) is 5.78 Å². The van der Waals surface area contributed by atoms with Crippen LogP contribution in [0.2, 0.25) is 0 Å². The fourth-order valence-electron chi connectivity index (χ4n) is 2.18. The average Bonchev–Trinajstić information content (AvgIpc) is 2.91. The number of thiophene rings is 1. The highest BCUT2D eigenvalue weighted by Gasteiger charge is 2.13. The first-order chi connectivity index (χ1) is 8.34. The Morgan fingerprint density at radius 1 is 1.24 bits per heavy atom. The molecule has 1 aliphatic heterocycles. The Labute approximate surface area is 104 Å². The second-order valence-electron chi connectivity index (χ2n) is 4.24. The standard InChI is InChI=1S/C14H13NOS/c16-14(12-5-7-17-9-12)11-3-4-13-10(8-11)2-1-6-15-13/h3-5,7-9,15H,1-2,6H2. The number of hydrogen-bond acceptors (Lipinski definition) is 3. The zero-order valence-electron chi connectivity index (χ0n) is 9.40. The minimum absolute atomic E-state index is 0.125. The molecule has 1 aromatic heterocycles. The molecule has 2 nitrogen and oxygen atoms in total. The monoisotopic (exact) mass is 243 g/mol. The number of hydrogen-bond donors (Lipinski definition) is 1.